The molecule has 0 saturated heterocycles. The van der Waals surface area contributed by atoms with Crippen molar-refractivity contribution in [2.75, 3.05) is 13.2 Å². The van der Waals surface area contributed by atoms with Crippen LogP contribution in [-0.4, -0.2) is 34.8 Å². The number of ether oxygens (including phenoxy) is 2. The number of benzene rings is 3. The Bertz CT molecular complexity index is 1350. The van der Waals surface area contributed by atoms with Gasteiger partial charge < -0.3 is 14.6 Å². The van der Waals surface area contributed by atoms with Gasteiger partial charge >= 0.3 is 5.97 Å². The van der Waals surface area contributed by atoms with Crippen LogP contribution in [0.4, 0.5) is 0 Å². The van der Waals surface area contributed by atoms with Crippen molar-refractivity contribution in [2.24, 2.45) is 0 Å². The molecular formula is C27H23NO5. The van der Waals surface area contributed by atoms with Crippen LogP contribution < -0.4 is 9.47 Å². The Hall–Kier alpha value is -4.06. The van der Waals surface area contributed by atoms with Crippen LogP contribution >= 0.6 is 0 Å². The summed E-state index contributed by atoms with van der Waals surface area (Å²) in [5.74, 6) is 0.708. The maximum Gasteiger partial charge on any atom is 0.307 e. The number of carboxylic acids is 1. The van der Waals surface area contributed by atoms with E-state index in [1.807, 2.05) is 37.3 Å². The number of fused-ring (bicyclic) bond motifs is 2. The standard InChI is InChI=1S/C27H23NO5/c1-17-13-23-19(14-26(29)30)5-4-7-24(23)28(17)27(31)18-9-11-21(12-10-18)32-15-20-16-33-25-8-3-2-6-22(20)25/h2-13,20H,14-16H2,1H3,(H,29,30). The molecule has 1 aromatic heterocycles. The lowest BCUT2D eigenvalue weighted by Crippen LogP contribution is -2.14. The Labute approximate surface area is 191 Å². The van der Waals surface area contributed by atoms with Gasteiger partial charge in [0.15, 0.2) is 0 Å². The number of aryl methyl sites for hydroxylation is 1. The van der Waals surface area contributed by atoms with Crippen LogP contribution in [0.15, 0.2) is 72.8 Å². The first-order valence-electron chi connectivity index (χ1n) is 10.8. The highest BCUT2D eigenvalue weighted by Gasteiger charge is 2.24. The van der Waals surface area contributed by atoms with E-state index in [0.29, 0.717) is 35.6 Å². The van der Waals surface area contributed by atoms with Gasteiger partial charge in [0.1, 0.15) is 11.5 Å². The van der Waals surface area contributed by atoms with Crippen LogP contribution in [0.25, 0.3) is 10.9 Å². The van der Waals surface area contributed by atoms with Crippen LogP contribution in [0.2, 0.25) is 0 Å². The molecule has 2 heterocycles. The second kappa shape index (κ2) is 8.47. The fourth-order valence-corrected chi connectivity index (χ4v) is 4.40. The van der Waals surface area contributed by atoms with Gasteiger partial charge in [0, 0.05) is 22.2 Å². The zero-order valence-electron chi connectivity index (χ0n) is 18.2. The second-order valence-corrected chi connectivity index (χ2v) is 8.23. The average Bonchev–Trinajstić information content (AvgIpc) is 3.38. The quantitative estimate of drug-likeness (QED) is 0.464. The van der Waals surface area contributed by atoms with Crippen LogP contribution in [0.1, 0.15) is 33.1 Å². The first-order valence-corrected chi connectivity index (χ1v) is 10.8. The summed E-state index contributed by atoms with van der Waals surface area (Å²) in [6.45, 7) is 2.94. The molecule has 6 heteroatoms. The van der Waals surface area contributed by atoms with Crippen molar-refractivity contribution in [3.8, 4) is 11.5 Å². The Balaban J connectivity index is 1.34. The third-order valence-corrected chi connectivity index (χ3v) is 6.02. The number of hydrogen-bond acceptors (Lipinski definition) is 4. The van der Waals surface area contributed by atoms with Crippen LogP contribution in [-0.2, 0) is 11.2 Å². The molecule has 0 amide bonds. The van der Waals surface area contributed by atoms with Crippen LogP contribution in [0.5, 0.6) is 11.5 Å². The molecule has 0 spiro atoms. The number of nitrogens with zero attached hydrogens (tertiary/aromatic N) is 1. The molecule has 1 atom stereocenters. The van der Waals surface area contributed by atoms with E-state index in [4.69, 9.17) is 9.47 Å². The van der Waals surface area contributed by atoms with Crippen molar-refractivity contribution in [3.63, 3.8) is 0 Å². The average molecular weight is 441 g/mol. The minimum Gasteiger partial charge on any atom is -0.493 e. The number of aliphatic carboxylic acids is 1. The third-order valence-electron chi connectivity index (χ3n) is 6.02. The molecule has 0 radical (unpaired) electrons. The molecule has 6 nitrogen and oxygen atoms in total. The topological polar surface area (TPSA) is 77.8 Å². The highest BCUT2D eigenvalue weighted by Crippen LogP contribution is 2.34. The van der Waals surface area contributed by atoms with Crippen molar-refractivity contribution in [1.29, 1.82) is 0 Å². The summed E-state index contributed by atoms with van der Waals surface area (Å²) in [6.07, 6.45) is -0.0858. The molecule has 0 bridgehead atoms. The summed E-state index contributed by atoms with van der Waals surface area (Å²) in [7, 11) is 0. The van der Waals surface area contributed by atoms with E-state index in [-0.39, 0.29) is 18.2 Å². The van der Waals surface area contributed by atoms with Gasteiger partial charge in [-0.3, -0.25) is 14.2 Å². The van der Waals surface area contributed by atoms with Crippen molar-refractivity contribution in [1.82, 2.24) is 4.57 Å². The van der Waals surface area contributed by atoms with Gasteiger partial charge in [-0.15, -0.1) is 0 Å². The molecule has 1 aliphatic heterocycles. The number of para-hydroxylation sites is 1. The first kappa shape index (κ1) is 20.8. The molecule has 4 aromatic rings. The Morgan fingerprint density at radius 3 is 2.64 bits per heavy atom. The van der Waals surface area contributed by atoms with Gasteiger partial charge in [-0.25, -0.2) is 0 Å². The molecule has 33 heavy (non-hydrogen) atoms. The number of aromatic nitrogens is 1. The van der Waals surface area contributed by atoms with Gasteiger partial charge in [-0.2, -0.15) is 0 Å². The Morgan fingerprint density at radius 2 is 1.85 bits per heavy atom. The molecule has 0 aliphatic carbocycles. The summed E-state index contributed by atoms with van der Waals surface area (Å²) in [6, 6.07) is 22.4. The van der Waals surface area contributed by atoms with Gasteiger partial charge in [-0.05, 0) is 55.0 Å². The van der Waals surface area contributed by atoms with Gasteiger partial charge in [-0.1, -0.05) is 30.3 Å². The molecular weight excluding hydrogens is 418 g/mol. The summed E-state index contributed by atoms with van der Waals surface area (Å²) in [4.78, 5) is 24.5. The fourth-order valence-electron chi connectivity index (χ4n) is 4.40. The predicted octanol–water partition coefficient (Wildman–Crippen LogP) is 4.82. The molecule has 1 aliphatic rings. The van der Waals surface area contributed by atoms with E-state index in [9.17, 15) is 14.7 Å². The van der Waals surface area contributed by atoms with E-state index in [2.05, 4.69) is 6.07 Å². The fraction of sp³-hybridized carbons (Fsp3) is 0.185. The van der Waals surface area contributed by atoms with E-state index >= 15 is 0 Å². The van der Waals surface area contributed by atoms with Gasteiger partial charge in [0.25, 0.3) is 5.91 Å². The number of hydrogen-bond donors (Lipinski definition) is 1. The highest BCUT2D eigenvalue weighted by molar-refractivity contribution is 6.04. The van der Waals surface area contributed by atoms with Crippen molar-refractivity contribution in [3.05, 3.63) is 95.2 Å². The van der Waals surface area contributed by atoms with E-state index in [1.54, 1.807) is 41.0 Å². The number of rotatable bonds is 6. The minimum absolute atomic E-state index is 0.0858. The van der Waals surface area contributed by atoms with E-state index < -0.39 is 5.97 Å². The van der Waals surface area contributed by atoms with Crippen molar-refractivity contribution >= 4 is 22.8 Å². The maximum absolute atomic E-state index is 13.3. The van der Waals surface area contributed by atoms with Crippen molar-refractivity contribution in [2.45, 2.75) is 19.3 Å². The van der Waals surface area contributed by atoms with Crippen LogP contribution in [0.3, 0.4) is 0 Å². The zero-order chi connectivity index (χ0) is 22.9. The lowest BCUT2D eigenvalue weighted by Gasteiger charge is -2.12. The van der Waals surface area contributed by atoms with Crippen molar-refractivity contribution < 1.29 is 24.2 Å². The number of carbonyl (C=O) groups excluding carboxylic acids is 1. The van der Waals surface area contributed by atoms with Gasteiger partial charge in [0.05, 0.1) is 31.1 Å². The van der Waals surface area contributed by atoms with Gasteiger partial charge in [0.2, 0.25) is 0 Å². The Morgan fingerprint density at radius 1 is 1.06 bits per heavy atom. The summed E-state index contributed by atoms with van der Waals surface area (Å²) >= 11 is 0. The smallest absolute Gasteiger partial charge is 0.307 e. The number of carboxylic acid groups (broad SMARTS) is 1. The van der Waals surface area contributed by atoms with E-state index in [0.717, 1.165) is 22.4 Å². The molecule has 1 unspecified atom stereocenters. The molecule has 1 N–H and O–H groups in total. The first-order chi connectivity index (χ1) is 16.0. The van der Waals surface area contributed by atoms with E-state index in [1.165, 1.54) is 0 Å². The van der Waals surface area contributed by atoms with Crippen LogP contribution in [0, 0.1) is 6.92 Å². The SMILES string of the molecule is Cc1cc2c(CC(=O)O)cccc2n1C(=O)c1ccc(OCC2COc3ccccc32)cc1. The predicted molar refractivity (Wildman–Crippen MR) is 124 cm³/mol. The molecule has 3 aromatic carbocycles. The zero-order valence-corrected chi connectivity index (χ0v) is 18.2. The largest absolute Gasteiger partial charge is 0.493 e. The molecule has 166 valence electrons. The monoisotopic (exact) mass is 441 g/mol. The lowest BCUT2D eigenvalue weighted by molar-refractivity contribution is -0.136. The molecule has 0 fully saturated rings. The normalized spacial score (nSPS) is 14.6. The molecule has 0 saturated carbocycles. The number of carbonyl (C=O) groups is 2. The second-order valence-electron chi connectivity index (χ2n) is 8.23. The lowest BCUT2D eigenvalue weighted by atomic mass is 10.0. The Kier molecular flexibility index (Phi) is 5.34. The third kappa shape index (κ3) is 3.96. The summed E-state index contributed by atoms with van der Waals surface area (Å²) < 4.78 is 13.3. The minimum atomic E-state index is -0.900. The molecule has 5 rings (SSSR count). The summed E-state index contributed by atoms with van der Waals surface area (Å²) in [5.41, 5.74) is 3.84. The highest BCUT2D eigenvalue weighted by atomic mass is 16.5. The summed E-state index contributed by atoms with van der Waals surface area (Å²) in [5, 5.41) is 9.97. The maximum atomic E-state index is 13.3.